The minimum atomic E-state index is -0.414. The first kappa shape index (κ1) is 17.7. The van der Waals surface area contributed by atoms with Crippen molar-refractivity contribution in [3.63, 3.8) is 0 Å². The van der Waals surface area contributed by atoms with Gasteiger partial charge in [0.05, 0.1) is 14.2 Å². The van der Waals surface area contributed by atoms with Crippen molar-refractivity contribution >= 4 is 35.2 Å². The molecular formula is C16H19N3O4S. The highest BCUT2D eigenvalue weighted by molar-refractivity contribution is 7.80. The van der Waals surface area contributed by atoms with Crippen LogP contribution in [0.15, 0.2) is 24.3 Å². The van der Waals surface area contributed by atoms with E-state index in [1.165, 1.54) is 13.2 Å². The van der Waals surface area contributed by atoms with Gasteiger partial charge in [-0.15, -0.1) is 0 Å². The third-order valence-corrected chi connectivity index (χ3v) is 3.52. The Balaban J connectivity index is 1.83. The highest BCUT2D eigenvalue weighted by atomic mass is 32.1. The van der Waals surface area contributed by atoms with Gasteiger partial charge in [0.2, 0.25) is 11.8 Å². The predicted molar refractivity (Wildman–Crippen MR) is 93.3 cm³/mol. The fourth-order valence-corrected chi connectivity index (χ4v) is 2.03. The average molecular weight is 349 g/mol. The average Bonchev–Trinajstić information content (AvgIpc) is 3.42. The molecule has 1 saturated carbocycles. The van der Waals surface area contributed by atoms with E-state index in [1.807, 2.05) is 0 Å². The number of methoxy groups -OCH3 is 2. The lowest BCUT2D eigenvalue weighted by Crippen LogP contribution is -2.48. The van der Waals surface area contributed by atoms with Gasteiger partial charge in [-0.3, -0.25) is 25.8 Å². The van der Waals surface area contributed by atoms with Gasteiger partial charge >= 0.3 is 0 Å². The van der Waals surface area contributed by atoms with Crippen molar-refractivity contribution in [2.75, 3.05) is 14.2 Å². The van der Waals surface area contributed by atoms with E-state index in [0.29, 0.717) is 11.5 Å². The summed E-state index contributed by atoms with van der Waals surface area (Å²) in [6.07, 6.45) is 4.72. The van der Waals surface area contributed by atoms with Gasteiger partial charge in [-0.25, -0.2) is 0 Å². The van der Waals surface area contributed by atoms with Crippen LogP contribution in [0.1, 0.15) is 18.4 Å². The van der Waals surface area contributed by atoms with Gasteiger partial charge in [0, 0.05) is 12.0 Å². The van der Waals surface area contributed by atoms with E-state index >= 15 is 0 Å². The molecule has 0 spiro atoms. The van der Waals surface area contributed by atoms with E-state index in [-0.39, 0.29) is 16.9 Å². The number of nitrogens with one attached hydrogen (secondary N) is 3. The van der Waals surface area contributed by atoms with E-state index in [4.69, 9.17) is 21.7 Å². The zero-order valence-corrected chi connectivity index (χ0v) is 14.2. The van der Waals surface area contributed by atoms with Crippen LogP contribution in [0, 0.1) is 5.92 Å². The van der Waals surface area contributed by atoms with Crippen LogP contribution in [0.25, 0.3) is 6.08 Å². The number of hydrazine groups is 1. The van der Waals surface area contributed by atoms with Crippen LogP contribution in [-0.4, -0.2) is 31.1 Å². The molecule has 24 heavy (non-hydrogen) atoms. The summed E-state index contributed by atoms with van der Waals surface area (Å²) in [5.74, 6) is 0.701. The number of thiocarbonyl (C=S) groups is 1. The Morgan fingerprint density at radius 2 is 1.88 bits per heavy atom. The first-order valence-corrected chi connectivity index (χ1v) is 7.75. The molecule has 1 aliphatic rings. The van der Waals surface area contributed by atoms with E-state index in [1.54, 1.807) is 31.4 Å². The number of ether oxygens (including phenoxy) is 2. The van der Waals surface area contributed by atoms with Crippen molar-refractivity contribution in [2.45, 2.75) is 12.8 Å². The Bertz CT molecular complexity index is 671. The van der Waals surface area contributed by atoms with Crippen LogP contribution in [-0.2, 0) is 9.59 Å². The Morgan fingerprint density at radius 1 is 1.17 bits per heavy atom. The second-order valence-corrected chi connectivity index (χ2v) is 5.56. The Labute approximate surface area is 145 Å². The molecule has 1 aliphatic carbocycles. The number of amides is 2. The SMILES string of the molecule is COc1ccc(/C=C/C(=O)NC(=S)NNC(=O)C2CC2)cc1OC. The van der Waals surface area contributed by atoms with Crippen molar-refractivity contribution in [1.82, 2.24) is 16.2 Å². The number of hydrogen-bond donors (Lipinski definition) is 3. The zero-order chi connectivity index (χ0) is 17.5. The number of hydrogen-bond acceptors (Lipinski definition) is 5. The molecular weight excluding hydrogens is 330 g/mol. The van der Waals surface area contributed by atoms with Crippen molar-refractivity contribution in [3.05, 3.63) is 29.8 Å². The molecule has 0 saturated heterocycles. The third-order valence-electron chi connectivity index (χ3n) is 3.32. The highest BCUT2D eigenvalue weighted by Gasteiger charge is 2.29. The topological polar surface area (TPSA) is 88.7 Å². The van der Waals surface area contributed by atoms with Gasteiger partial charge < -0.3 is 9.47 Å². The van der Waals surface area contributed by atoms with Crippen LogP contribution < -0.4 is 25.6 Å². The van der Waals surface area contributed by atoms with Gasteiger partial charge in [-0.05, 0) is 48.8 Å². The van der Waals surface area contributed by atoms with Crippen LogP contribution in [0.4, 0.5) is 0 Å². The Morgan fingerprint density at radius 3 is 2.50 bits per heavy atom. The lowest BCUT2D eigenvalue weighted by atomic mass is 10.2. The maximum absolute atomic E-state index is 11.8. The smallest absolute Gasteiger partial charge is 0.250 e. The third kappa shape index (κ3) is 5.24. The van der Waals surface area contributed by atoms with Crippen molar-refractivity contribution in [1.29, 1.82) is 0 Å². The zero-order valence-electron chi connectivity index (χ0n) is 13.4. The molecule has 0 bridgehead atoms. The van der Waals surface area contributed by atoms with Gasteiger partial charge in [0.1, 0.15) is 0 Å². The molecule has 0 heterocycles. The van der Waals surface area contributed by atoms with Gasteiger partial charge in [0.25, 0.3) is 0 Å². The van der Waals surface area contributed by atoms with E-state index in [9.17, 15) is 9.59 Å². The first-order valence-electron chi connectivity index (χ1n) is 7.34. The molecule has 2 amide bonds. The number of carbonyl (C=O) groups excluding carboxylic acids is 2. The molecule has 0 aromatic heterocycles. The van der Waals surface area contributed by atoms with Crippen molar-refractivity contribution in [3.8, 4) is 11.5 Å². The van der Waals surface area contributed by atoms with Gasteiger partial charge in [0.15, 0.2) is 16.6 Å². The molecule has 0 radical (unpaired) electrons. The molecule has 1 aromatic rings. The van der Waals surface area contributed by atoms with Crippen LogP contribution in [0.3, 0.4) is 0 Å². The molecule has 2 rings (SSSR count). The quantitative estimate of drug-likeness (QED) is 0.420. The summed E-state index contributed by atoms with van der Waals surface area (Å²) >= 11 is 4.93. The lowest BCUT2D eigenvalue weighted by molar-refractivity contribution is -0.123. The normalized spacial score (nSPS) is 13.2. The van der Waals surface area contributed by atoms with Gasteiger partial charge in [-0.1, -0.05) is 6.07 Å². The van der Waals surface area contributed by atoms with Crippen LogP contribution >= 0.6 is 12.2 Å². The predicted octanol–water partition coefficient (Wildman–Crippen LogP) is 1.15. The molecule has 1 fully saturated rings. The molecule has 1 aromatic carbocycles. The Kier molecular flexibility index (Phi) is 6.14. The standard InChI is InChI=1S/C16H19N3O4S/c1-22-12-7-3-10(9-13(12)23-2)4-8-14(20)17-16(24)19-18-15(21)11-5-6-11/h3-4,7-9,11H,5-6H2,1-2H3,(H,18,21)(H2,17,19,20,24)/b8-4+. The second-order valence-electron chi connectivity index (χ2n) is 5.15. The van der Waals surface area contributed by atoms with Gasteiger partial charge in [-0.2, -0.15) is 0 Å². The molecule has 0 atom stereocenters. The summed E-state index contributed by atoms with van der Waals surface area (Å²) < 4.78 is 10.3. The molecule has 7 nitrogen and oxygen atoms in total. The van der Waals surface area contributed by atoms with E-state index < -0.39 is 5.91 Å². The summed E-state index contributed by atoms with van der Waals surface area (Å²) in [6.45, 7) is 0. The minimum Gasteiger partial charge on any atom is -0.493 e. The summed E-state index contributed by atoms with van der Waals surface area (Å²) in [5, 5.41) is 2.47. The highest BCUT2D eigenvalue weighted by Crippen LogP contribution is 2.28. The first-order chi connectivity index (χ1) is 11.5. The fraction of sp³-hybridized carbons (Fsp3) is 0.312. The van der Waals surface area contributed by atoms with E-state index in [0.717, 1.165) is 18.4 Å². The monoisotopic (exact) mass is 349 g/mol. The molecule has 0 aliphatic heterocycles. The number of rotatable bonds is 5. The van der Waals surface area contributed by atoms with Crippen molar-refractivity contribution < 1.29 is 19.1 Å². The molecule has 0 unspecified atom stereocenters. The molecule has 8 heteroatoms. The van der Waals surface area contributed by atoms with E-state index in [2.05, 4.69) is 16.2 Å². The van der Waals surface area contributed by atoms with Crippen LogP contribution in [0.2, 0.25) is 0 Å². The maximum Gasteiger partial charge on any atom is 0.250 e. The largest absolute Gasteiger partial charge is 0.493 e. The number of benzene rings is 1. The number of carbonyl (C=O) groups is 2. The summed E-state index contributed by atoms with van der Waals surface area (Å²) in [4.78, 5) is 23.2. The lowest BCUT2D eigenvalue weighted by Gasteiger charge is -2.09. The second kappa shape index (κ2) is 8.30. The summed E-state index contributed by atoms with van der Waals surface area (Å²) in [7, 11) is 3.09. The minimum absolute atomic E-state index is 0.0333. The fourth-order valence-electron chi connectivity index (χ4n) is 1.88. The maximum atomic E-state index is 11.8. The summed E-state index contributed by atoms with van der Waals surface area (Å²) in [5.41, 5.74) is 5.71. The molecule has 128 valence electrons. The molecule has 3 N–H and O–H groups in total. The van der Waals surface area contributed by atoms with Crippen LogP contribution in [0.5, 0.6) is 11.5 Å². The Hall–Kier alpha value is -2.61. The summed E-state index contributed by atoms with van der Waals surface area (Å²) in [6, 6.07) is 5.28. The van der Waals surface area contributed by atoms with Crippen molar-refractivity contribution in [2.24, 2.45) is 5.92 Å².